The van der Waals surface area contributed by atoms with E-state index in [2.05, 4.69) is 29.9 Å². The lowest BCUT2D eigenvalue weighted by molar-refractivity contribution is -0.00876. The van der Waals surface area contributed by atoms with Crippen LogP contribution in [0, 0.1) is 18.7 Å². The van der Waals surface area contributed by atoms with Gasteiger partial charge >= 0.3 is 0 Å². The minimum atomic E-state index is -0.809. The normalized spacial score (nSPS) is 17.2. The molecule has 0 radical (unpaired) electrons. The standard InChI is InChI=1S/C23H27FN2O/c1-15-19(5-4-6-20(15)24)22(2,3)14-23(27,17-7-8-17)12-18-11-16-9-10-25-13-21(16)26-18/h4-6,9-11,13,17,26-27H,7-8,12,14H2,1-3H3/t23-/m1/s1. The minimum Gasteiger partial charge on any atom is -0.389 e. The first-order valence-corrected chi connectivity index (χ1v) is 9.68. The summed E-state index contributed by atoms with van der Waals surface area (Å²) in [6.45, 7) is 6.04. The number of pyridine rings is 1. The molecule has 1 aliphatic rings. The molecular formula is C23H27FN2O. The van der Waals surface area contributed by atoms with E-state index in [0.717, 1.165) is 35.0 Å². The van der Waals surface area contributed by atoms with Crippen LogP contribution in [0.1, 0.15) is 49.9 Å². The zero-order valence-electron chi connectivity index (χ0n) is 16.2. The van der Waals surface area contributed by atoms with Gasteiger partial charge in [0.25, 0.3) is 0 Å². The molecule has 1 atom stereocenters. The van der Waals surface area contributed by atoms with Gasteiger partial charge in [0, 0.05) is 23.7 Å². The number of aromatic nitrogens is 2. The Morgan fingerprint density at radius 2 is 2.04 bits per heavy atom. The van der Waals surface area contributed by atoms with Crippen LogP contribution in [0.4, 0.5) is 4.39 Å². The number of nitrogens with one attached hydrogen (secondary N) is 1. The number of hydrogen-bond donors (Lipinski definition) is 2. The highest BCUT2D eigenvalue weighted by atomic mass is 19.1. The van der Waals surface area contributed by atoms with E-state index in [0.29, 0.717) is 24.3 Å². The van der Waals surface area contributed by atoms with Gasteiger partial charge in [0.1, 0.15) is 5.82 Å². The first-order valence-electron chi connectivity index (χ1n) is 9.68. The predicted octanol–water partition coefficient (Wildman–Crippen LogP) is 5.06. The summed E-state index contributed by atoms with van der Waals surface area (Å²) in [5.41, 5.74) is 2.54. The first kappa shape index (κ1) is 18.2. The van der Waals surface area contributed by atoms with Crippen LogP contribution in [0.25, 0.3) is 10.9 Å². The van der Waals surface area contributed by atoms with E-state index in [1.54, 1.807) is 12.3 Å². The Morgan fingerprint density at radius 3 is 2.74 bits per heavy atom. The van der Waals surface area contributed by atoms with E-state index in [-0.39, 0.29) is 11.2 Å². The number of aliphatic hydroxyl groups is 1. The number of halogens is 1. The summed E-state index contributed by atoms with van der Waals surface area (Å²) < 4.78 is 14.1. The number of hydrogen-bond acceptors (Lipinski definition) is 2. The van der Waals surface area contributed by atoms with E-state index >= 15 is 0 Å². The molecule has 0 amide bonds. The molecule has 0 aliphatic heterocycles. The van der Waals surface area contributed by atoms with Gasteiger partial charge in [-0.25, -0.2) is 4.39 Å². The number of aromatic amines is 1. The number of benzene rings is 1. The van der Waals surface area contributed by atoms with Crippen LogP contribution in [0.3, 0.4) is 0 Å². The highest BCUT2D eigenvalue weighted by Gasteiger charge is 2.47. The van der Waals surface area contributed by atoms with Gasteiger partial charge in [-0.1, -0.05) is 26.0 Å². The van der Waals surface area contributed by atoms with Gasteiger partial charge in [-0.05, 0) is 66.8 Å². The van der Waals surface area contributed by atoms with Gasteiger partial charge in [-0.15, -0.1) is 0 Å². The van der Waals surface area contributed by atoms with Gasteiger partial charge in [0.2, 0.25) is 0 Å². The van der Waals surface area contributed by atoms with Crippen molar-refractivity contribution < 1.29 is 9.50 Å². The van der Waals surface area contributed by atoms with Gasteiger partial charge in [-0.2, -0.15) is 0 Å². The molecule has 2 N–H and O–H groups in total. The molecule has 142 valence electrons. The molecule has 1 saturated carbocycles. The second kappa shape index (κ2) is 6.45. The maximum Gasteiger partial charge on any atom is 0.126 e. The summed E-state index contributed by atoms with van der Waals surface area (Å²) in [5, 5.41) is 12.8. The van der Waals surface area contributed by atoms with Crippen LogP contribution in [-0.4, -0.2) is 20.7 Å². The van der Waals surface area contributed by atoms with Crippen molar-refractivity contribution >= 4 is 10.9 Å². The molecule has 4 rings (SSSR count). The van der Waals surface area contributed by atoms with Crippen LogP contribution in [0.2, 0.25) is 0 Å². The van der Waals surface area contributed by atoms with Crippen molar-refractivity contribution in [1.82, 2.24) is 9.97 Å². The van der Waals surface area contributed by atoms with Crippen molar-refractivity contribution in [2.24, 2.45) is 5.92 Å². The Hall–Kier alpha value is -2.20. The van der Waals surface area contributed by atoms with Crippen molar-refractivity contribution in [3.05, 3.63) is 65.4 Å². The average Bonchev–Trinajstić information content (AvgIpc) is 3.38. The average molecular weight is 366 g/mol. The lowest BCUT2D eigenvalue weighted by Crippen LogP contribution is -2.41. The smallest absolute Gasteiger partial charge is 0.126 e. The lowest BCUT2D eigenvalue weighted by Gasteiger charge is -2.38. The molecule has 27 heavy (non-hydrogen) atoms. The predicted molar refractivity (Wildman–Crippen MR) is 106 cm³/mol. The Balaban J connectivity index is 1.64. The van der Waals surface area contributed by atoms with E-state index in [4.69, 9.17) is 0 Å². The van der Waals surface area contributed by atoms with Crippen molar-refractivity contribution in [2.45, 2.75) is 57.5 Å². The quantitative estimate of drug-likeness (QED) is 0.640. The van der Waals surface area contributed by atoms with Crippen LogP contribution in [0.15, 0.2) is 42.7 Å². The third-order valence-electron chi connectivity index (χ3n) is 6.06. The molecule has 3 nitrogen and oxygen atoms in total. The van der Waals surface area contributed by atoms with Gasteiger partial charge < -0.3 is 10.1 Å². The number of nitrogens with zero attached hydrogens (tertiary/aromatic N) is 1. The number of H-pyrrole nitrogens is 1. The first-order chi connectivity index (χ1) is 12.8. The summed E-state index contributed by atoms with van der Waals surface area (Å²) in [6, 6.07) is 9.33. The van der Waals surface area contributed by atoms with E-state index in [1.807, 2.05) is 25.3 Å². The molecule has 3 aromatic rings. The second-order valence-electron chi connectivity index (χ2n) is 8.79. The van der Waals surface area contributed by atoms with Crippen LogP contribution in [-0.2, 0) is 11.8 Å². The Kier molecular flexibility index (Phi) is 4.34. The monoisotopic (exact) mass is 366 g/mol. The summed E-state index contributed by atoms with van der Waals surface area (Å²) in [4.78, 5) is 7.56. The van der Waals surface area contributed by atoms with Crippen molar-refractivity contribution in [2.75, 3.05) is 0 Å². The topological polar surface area (TPSA) is 48.9 Å². The molecule has 2 aromatic heterocycles. The highest BCUT2D eigenvalue weighted by molar-refractivity contribution is 5.79. The molecule has 4 heteroatoms. The third-order valence-corrected chi connectivity index (χ3v) is 6.06. The van der Waals surface area contributed by atoms with E-state index < -0.39 is 5.60 Å². The molecular weight excluding hydrogens is 339 g/mol. The van der Waals surface area contributed by atoms with Gasteiger partial charge in [0.05, 0.1) is 17.3 Å². The Bertz CT molecular complexity index is 940. The van der Waals surface area contributed by atoms with Crippen molar-refractivity contribution in [1.29, 1.82) is 0 Å². The number of fused-ring (bicyclic) bond motifs is 1. The fourth-order valence-corrected chi connectivity index (χ4v) is 4.63. The third kappa shape index (κ3) is 3.51. The van der Waals surface area contributed by atoms with Gasteiger partial charge in [-0.3, -0.25) is 4.98 Å². The summed E-state index contributed by atoms with van der Waals surface area (Å²) in [5.74, 6) is 0.119. The molecule has 1 aromatic carbocycles. The maximum absolute atomic E-state index is 14.1. The molecule has 1 aliphatic carbocycles. The van der Waals surface area contributed by atoms with Crippen molar-refractivity contribution in [3.63, 3.8) is 0 Å². The largest absolute Gasteiger partial charge is 0.389 e. The summed E-state index contributed by atoms with van der Waals surface area (Å²) in [6.07, 6.45) is 6.87. The molecule has 0 unspecified atom stereocenters. The molecule has 2 heterocycles. The van der Waals surface area contributed by atoms with Crippen LogP contribution < -0.4 is 0 Å². The van der Waals surface area contributed by atoms with Crippen LogP contribution >= 0.6 is 0 Å². The zero-order chi connectivity index (χ0) is 19.2. The molecule has 0 spiro atoms. The zero-order valence-corrected chi connectivity index (χ0v) is 16.2. The lowest BCUT2D eigenvalue weighted by atomic mass is 9.71. The highest BCUT2D eigenvalue weighted by Crippen LogP contribution is 2.48. The molecule has 1 fully saturated rings. The second-order valence-corrected chi connectivity index (χ2v) is 8.79. The summed E-state index contributed by atoms with van der Waals surface area (Å²) >= 11 is 0. The van der Waals surface area contributed by atoms with Crippen molar-refractivity contribution in [3.8, 4) is 0 Å². The summed E-state index contributed by atoms with van der Waals surface area (Å²) in [7, 11) is 0. The fourth-order valence-electron chi connectivity index (χ4n) is 4.63. The Morgan fingerprint density at radius 1 is 1.26 bits per heavy atom. The maximum atomic E-state index is 14.1. The van der Waals surface area contributed by atoms with E-state index in [9.17, 15) is 9.50 Å². The minimum absolute atomic E-state index is 0.182. The molecule has 0 bridgehead atoms. The molecule has 0 saturated heterocycles. The SMILES string of the molecule is Cc1c(F)cccc1C(C)(C)C[C@](O)(Cc1cc2ccncc2[nH]1)C1CC1. The fraction of sp³-hybridized carbons (Fsp3) is 0.435. The van der Waals surface area contributed by atoms with Gasteiger partial charge in [0.15, 0.2) is 0 Å². The van der Waals surface area contributed by atoms with Crippen LogP contribution in [0.5, 0.6) is 0 Å². The number of rotatable bonds is 6. The van der Waals surface area contributed by atoms with E-state index in [1.165, 1.54) is 6.07 Å². The Labute approximate surface area is 159 Å².